The van der Waals surface area contributed by atoms with Gasteiger partial charge in [0.2, 0.25) is 0 Å². The average molecular weight is 376 g/mol. The molecule has 1 aliphatic rings. The van der Waals surface area contributed by atoms with Crippen LogP contribution in [0.2, 0.25) is 0 Å². The van der Waals surface area contributed by atoms with Crippen LogP contribution in [0.4, 0.5) is 0 Å². The van der Waals surface area contributed by atoms with Crippen molar-refractivity contribution in [1.29, 1.82) is 0 Å². The molecule has 0 radical (unpaired) electrons. The van der Waals surface area contributed by atoms with Gasteiger partial charge in [-0.3, -0.25) is 19.2 Å². The summed E-state index contributed by atoms with van der Waals surface area (Å²) in [6, 6.07) is 0. The van der Waals surface area contributed by atoms with E-state index in [-0.39, 0.29) is 19.4 Å². The number of carboxylic acid groups (broad SMARTS) is 1. The third kappa shape index (κ3) is 6.96. The fourth-order valence-corrected chi connectivity index (χ4v) is 2.53. The minimum atomic E-state index is -1.18. The summed E-state index contributed by atoms with van der Waals surface area (Å²) in [5, 5.41) is 8.66. The Morgan fingerprint density at radius 2 is 1.38 bits per heavy atom. The third-order valence-electron chi connectivity index (χ3n) is 3.45. The zero-order valence-electron chi connectivity index (χ0n) is 15.1. The predicted molar refractivity (Wildman–Crippen MR) is 83.8 cm³/mol. The maximum Gasteiger partial charge on any atom is 0.303 e. The highest BCUT2D eigenvalue weighted by Gasteiger charge is 2.50. The van der Waals surface area contributed by atoms with Crippen molar-refractivity contribution < 1.29 is 48.0 Å². The second-order valence-electron chi connectivity index (χ2n) is 5.80. The molecule has 26 heavy (non-hydrogen) atoms. The molecule has 0 aromatic rings. The number of ether oxygens (including phenoxy) is 5. The molecule has 1 heterocycles. The molecule has 0 saturated carbocycles. The maximum absolute atomic E-state index is 11.5. The molecule has 0 bridgehead atoms. The Morgan fingerprint density at radius 1 is 0.885 bits per heavy atom. The molecule has 10 heteroatoms. The number of carbonyl (C=O) groups excluding carboxylic acids is 3. The molecule has 0 aromatic carbocycles. The summed E-state index contributed by atoms with van der Waals surface area (Å²) in [7, 11) is 0. The average Bonchev–Trinajstić information content (AvgIpc) is 2.49. The van der Waals surface area contributed by atoms with E-state index in [2.05, 4.69) is 0 Å². The van der Waals surface area contributed by atoms with Gasteiger partial charge in [-0.2, -0.15) is 0 Å². The molecule has 148 valence electrons. The molecule has 0 aliphatic carbocycles. The van der Waals surface area contributed by atoms with Crippen molar-refractivity contribution in [3.8, 4) is 0 Å². The molecule has 1 fully saturated rings. The lowest BCUT2D eigenvalue weighted by Crippen LogP contribution is -2.61. The summed E-state index contributed by atoms with van der Waals surface area (Å²) in [5.41, 5.74) is 0. The van der Waals surface area contributed by atoms with E-state index in [1.54, 1.807) is 6.92 Å². The number of hydrogen-bond acceptors (Lipinski definition) is 9. The second kappa shape index (κ2) is 10.1. The van der Waals surface area contributed by atoms with E-state index in [0.717, 1.165) is 6.92 Å². The summed E-state index contributed by atoms with van der Waals surface area (Å²) in [6.45, 7) is 5.12. The van der Waals surface area contributed by atoms with Crippen LogP contribution in [0.1, 0.15) is 40.5 Å². The third-order valence-corrected chi connectivity index (χ3v) is 3.45. The summed E-state index contributed by atoms with van der Waals surface area (Å²) in [6.07, 6.45) is -5.04. The van der Waals surface area contributed by atoms with Gasteiger partial charge in [0.15, 0.2) is 24.6 Å². The Balaban J connectivity index is 2.97. The largest absolute Gasteiger partial charge is 0.481 e. The summed E-state index contributed by atoms with van der Waals surface area (Å²) in [5.74, 6) is -2.94. The van der Waals surface area contributed by atoms with Gasteiger partial charge >= 0.3 is 23.9 Å². The van der Waals surface area contributed by atoms with Crippen LogP contribution in [0.25, 0.3) is 0 Å². The van der Waals surface area contributed by atoms with Gasteiger partial charge < -0.3 is 28.8 Å². The van der Waals surface area contributed by atoms with Gasteiger partial charge in [-0.05, 0) is 13.3 Å². The van der Waals surface area contributed by atoms with Crippen molar-refractivity contribution in [2.75, 3.05) is 6.61 Å². The zero-order valence-corrected chi connectivity index (χ0v) is 15.1. The molecular weight excluding hydrogens is 352 g/mol. The van der Waals surface area contributed by atoms with Crippen molar-refractivity contribution in [3.05, 3.63) is 0 Å². The Morgan fingerprint density at radius 3 is 1.88 bits per heavy atom. The highest BCUT2D eigenvalue weighted by Crippen LogP contribution is 2.29. The molecule has 5 atom stereocenters. The van der Waals surface area contributed by atoms with Gasteiger partial charge in [-0.15, -0.1) is 0 Å². The van der Waals surface area contributed by atoms with Crippen LogP contribution in [-0.4, -0.2) is 66.3 Å². The first kappa shape index (κ1) is 21.8. The van der Waals surface area contributed by atoms with Gasteiger partial charge in [-0.25, -0.2) is 0 Å². The highest BCUT2D eigenvalue weighted by atomic mass is 16.7. The first-order chi connectivity index (χ1) is 12.1. The molecule has 0 aromatic heterocycles. The SMILES string of the molecule is CC(=O)O[C@@H]1[C@@H](OC(C)=O)[C@H](C)O[C@@H](OCCCC(=O)O)[C@@H]1OC(C)=O. The van der Waals surface area contributed by atoms with Crippen molar-refractivity contribution in [2.45, 2.75) is 71.2 Å². The number of carboxylic acids is 1. The predicted octanol–water partition coefficient (Wildman–Crippen LogP) is 0.408. The number of rotatable bonds is 8. The van der Waals surface area contributed by atoms with Crippen LogP contribution < -0.4 is 0 Å². The molecule has 10 nitrogen and oxygen atoms in total. The normalized spacial score (nSPS) is 28.1. The maximum atomic E-state index is 11.5. The first-order valence-electron chi connectivity index (χ1n) is 8.12. The number of aliphatic carboxylic acids is 1. The molecule has 0 unspecified atom stereocenters. The quantitative estimate of drug-likeness (QED) is 0.360. The number of esters is 3. The fourth-order valence-electron chi connectivity index (χ4n) is 2.53. The van der Waals surface area contributed by atoms with E-state index >= 15 is 0 Å². The molecule has 0 spiro atoms. The van der Waals surface area contributed by atoms with Crippen molar-refractivity contribution in [2.24, 2.45) is 0 Å². The fraction of sp³-hybridized carbons (Fsp3) is 0.750. The number of hydrogen-bond donors (Lipinski definition) is 1. The van der Waals surface area contributed by atoms with Crippen LogP contribution in [0.5, 0.6) is 0 Å². The van der Waals surface area contributed by atoms with Crippen molar-refractivity contribution >= 4 is 23.9 Å². The van der Waals surface area contributed by atoms with E-state index in [9.17, 15) is 19.2 Å². The van der Waals surface area contributed by atoms with Crippen LogP contribution in [0.15, 0.2) is 0 Å². The Labute approximate surface area is 150 Å². The van der Waals surface area contributed by atoms with Gasteiger partial charge in [0, 0.05) is 27.2 Å². The van der Waals surface area contributed by atoms with Crippen LogP contribution in [-0.2, 0) is 42.9 Å². The summed E-state index contributed by atoms with van der Waals surface area (Å²) in [4.78, 5) is 44.9. The molecule has 1 rings (SSSR count). The van der Waals surface area contributed by atoms with Crippen molar-refractivity contribution in [1.82, 2.24) is 0 Å². The first-order valence-corrected chi connectivity index (χ1v) is 8.12. The monoisotopic (exact) mass is 376 g/mol. The van der Waals surface area contributed by atoms with Crippen LogP contribution in [0, 0.1) is 0 Å². The van der Waals surface area contributed by atoms with Gasteiger partial charge in [-0.1, -0.05) is 0 Å². The molecular formula is C16H24O10. The van der Waals surface area contributed by atoms with E-state index < -0.39 is 54.6 Å². The Bertz CT molecular complexity index is 531. The smallest absolute Gasteiger partial charge is 0.303 e. The minimum absolute atomic E-state index is 0.0203. The second-order valence-corrected chi connectivity index (χ2v) is 5.80. The molecule has 1 aliphatic heterocycles. The Kier molecular flexibility index (Phi) is 8.46. The molecule has 1 saturated heterocycles. The van der Waals surface area contributed by atoms with E-state index in [4.69, 9.17) is 28.8 Å². The highest BCUT2D eigenvalue weighted by molar-refractivity contribution is 5.68. The standard InChI is InChI=1S/C16H24O10/c1-8-13(24-9(2)17)14(25-10(3)18)15(26-11(4)19)16(23-8)22-7-5-6-12(20)21/h8,13-16H,5-7H2,1-4H3,(H,20,21)/t8-,13-,14+,15+,16+/m0/s1. The summed E-state index contributed by atoms with van der Waals surface area (Å²) < 4.78 is 26.7. The minimum Gasteiger partial charge on any atom is -0.481 e. The van der Waals surface area contributed by atoms with Gasteiger partial charge in [0.25, 0.3) is 0 Å². The lowest BCUT2D eigenvalue weighted by atomic mass is 9.99. The molecule has 0 amide bonds. The zero-order chi connectivity index (χ0) is 19.9. The topological polar surface area (TPSA) is 135 Å². The van der Waals surface area contributed by atoms with E-state index in [0.29, 0.717) is 0 Å². The van der Waals surface area contributed by atoms with E-state index in [1.165, 1.54) is 13.8 Å². The lowest BCUT2D eigenvalue weighted by Gasteiger charge is -2.43. The lowest BCUT2D eigenvalue weighted by molar-refractivity contribution is -0.300. The van der Waals surface area contributed by atoms with Crippen LogP contribution in [0.3, 0.4) is 0 Å². The van der Waals surface area contributed by atoms with Crippen molar-refractivity contribution in [3.63, 3.8) is 0 Å². The van der Waals surface area contributed by atoms with Crippen LogP contribution >= 0.6 is 0 Å². The number of carbonyl (C=O) groups is 4. The Hall–Kier alpha value is -2.20. The molecule has 1 N–H and O–H groups in total. The summed E-state index contributed by atoms with van der Waals surface area (Å²) >= 11 is 0. The van der Waals surface area contributed by atoms with E-state index in [1.807, 2.05) is 0 Å². The van der Waals surface area contributed by atoms with Gasteiger partial charge in [0.05, 0.1) is 12.7 Å². The van der Waals surface area contributed by atoms with Gasteiger partial charge in [0.1, 0.15) is 0 Å².